The minimum atomic E-state index is -3.38. The van der Waals surface area contributed by atoms with E-state index < -0.39 is 10.2 Å². The average molecular weight is 450 g/mol. The van der Waals surface area contributed by atoms with Gasteiger partial charge in [0, 0.05) is 58.1 Å². The van der Waals surface area contributed by atoms with Gasteiger partial charge in [-0.3, -0.25) is 9.69 Å². The third-order valence-electron chi connectivity index (χ3n) is 6.27. The van der Waals surface area contributed by atoms with Crippen LogP contribution in [0.4, 0.5) is 0 Å². The first kappa shape index (κ1) is 23.4. The number of carboxylic acid groups (broad SMARTS) is 1. The number of aromatic amines is 1. The third-order valence-corrected chi connectivity index (χ3v) is 8.12. The van der Waals surface area contributed by atoms with Crippen LogP contribution in [0.3, 0.4) is 0 Å². The molecule has 3 heterocycles. The Kier molecular flexibility index (Phi) is 7.47. The Morgan fingerprint density at radius 1 is 1.26 bits per heavy atom. The Labute approximate surface area is 183 Å². The van der Waals surface area contributed by atoms with Crippen LogP contribution >= 0.6 is 0 Å². The monoisotopic (exact) mass is 449 g/mol. The molecular formula is C21H31N5O4S. The molecule has 2 aliphatic heterocycles. The van der Waals surface area contributed by atoms with Crippen molar-refractivity contribution in [2.24, 2.45) is 11.3 Å². The molecule has 0 radical (unpaired) electrons. The van der Waals surface area contributed by atoms with E-state index in [1.807, 2.05) is 12.3 Å². The van der Waals surface area contributed by atoms with E-state index >= 15 is 0 Å². The molecule has 0 aliphatic carbocycles. The Balaban J connectivity index is 0.000000858. The van der Waals surface area contributed by atoms with Crippen LogP contribution in [0.2, 0.25) is 0 Å². The van der Waals surface area contributed by atoms with E-state index in [4.69, 9.17) is 9.90 Å². The van der Waals surface area contributed by atoms with Crippen molar-refractivity contribution < 1.29 is 18.3 Å². The van der Waals surface area contributed by atoms with Gasteiger partial charge in [-0.15, -0.1) is 0 Å². The van der Waals surface area contributed by atoms with Crippen molar-refractivity contribution in [1.29, 1.82) is 0 Å². The predicted octanol–water partition coefficient (Wildman–Crippen LogP) is 1.28. The van der Waals surface area contributed by atoms with Crippen LogP contribution in [-0.4, -0.2) is 83.7 Å². The van der Waals surface area contributed by atoms with Crippen LogP contribution in [0.15, 0.2) is 42.7 Å². The highest BCUT2D eigenvalue weighted by atomic mass is 32.2. The minimum Gasteiger partial charge on any atom is -0.483 e. The van der Waals surface area contributed by atoms with E-state index in [1.54, 1.807) is 24.6 Å². The first-order valence-electron chi connectivity index (χ1n) is 10.3. The summed E-state index contributed by atoms with van der Waals surface area (Å²) in [5.74, 6) is 1.32. The van der Waals surface area contributed by atoms with Crippen molar-refractivity contribution in [1.82, 2.24) is 23.5 Å². The molecule has 0 spiro atoms. The largest absolute Gasteiger partial charge is 0.483 e. The maximum atomic E-state index is 12.7. The first-order chi connectivity index (χ1) is 14.8. The molecular weight excluding hydrogens is 418 g/mol. The molecule has 2 fully saturated rings. The van der Waals surface area contributed by atoms with Gasteiger partial charge in [-0.25, -0.2) is 4.98 Å². The van der Waals surface area contributed by atoms with E-state index in [9.17, 15) is 8.42 Å². The Morgan fingerprint density at radius 2 is 1.97 bits per heavy atom. The lowest BCUT2D eigenvalue weighted by Gasteiger charge is -2.30. The molecule has 10 heteroatoms. The maximum absolute atomic E-state index is 12.7. The molecule has 0 bridgehead atoms. The number of rotatable bonds is 7. The number of fused-ring (bicyclic) bond motifs is 1. The van der Waals surface area contributed by atoms with E-state index in [2.05, 4.69) is 39.1 Å². The number of nitrogens with one attached hydrogen (secondary N) is 1. The SMILES string of the molecule is CN(C)S(=O)(=O)N1CC2CN(Cc3ncc[nH]3)CC2(CCc2ccccc2)C1.O=CO. The summed E-state index contributed by atoms with van der Waals surface area (Å²) in [5.41, 5.74) is 1.31. The topological polar surface area (TPSA) is 110 Å². The molecule has 1 aromatic heterocycles. The minimum absolute atomic E-state index is 0.00842. The quantitative estimate of drug-likeness (QED) is 0.617. The summed E-state index contributed by atoms with van der Waals surface area (Å²) >= 11 is 0. The Morgan fingerprint density at radius 3 is 2.58 bits per heavy atom. The summed E-state index contributed by atoms with van der Waals surface area (Å²) in [6.07, 6.45) is 5.60. The van der Waals surface area contributed by atoms with Gasteiger partial charge in [0.1, 0.15) is 5.82 Å². The zero-order chi connectivity index (χ0) is 22.5. The van der Waals surface area contributed by atoms with Crippen molar-refractivity contribution in [2.45, 2.75) is 19.4 Å². The number of benzene rings is 1. The molecule has 2 aliphatic rings. The first-order valence-corrected chi connectivity index (χ1v) is 11.7. The van der Waals surface area contributed by atoms with Gasteiger partial charge in [-0.1, -0.05) is 30.3 Å². The number of aromatic nitrogens is 2. The van der Waals surface area contributed by atoms with Gasteiger partial charge in [-0.2, -0.15) is 17.0 Å². The molecule has 1 aromatic carbocycles. The van der Waals surface area contributed by atoms with Crippen LogP contribution < -0.4 is 0 Å². The highest BCUT2D eigenvalue weighted by molar-refractivity contribution is 7.86. The molecule has 4 rings (SSSR count). The number of nitrogens with zero attached hydrogens (tertiary/aromatic N) is 4. The highest BCUT2D eigenvalue weighted by Crippen LogP contribution is 2.47. The molecule has 2 N–H and O–H groups in total. The smallest absolute Gasteiger partial charge is 0.290 e. The lowest BCUT2D eigenvalue weighted by Crippen LogP contribution is -2.42. The number of H-pyrrole nitrogens is 1. The van der Waals surface area contributed by atoms with Crippen LogP contribution in [0.5, 0.6) is 0 Å². The van der Waals surface area contributed by atoms with Crippen LogP contribution in [-0.2, 0) is 28.0 Å². The zero-order valence-corrected chi connectivity index (χ0v) is 18.8. The summed E-state index contributed by atoms with van der Waals surface area (Å²) in [4.78, 5) is 18.3. The summed E-state index contributed by atoms with van der Waals surface area (Å²) in [6, 6.07) is 10.5. The molecule has 2 saturated heterocycles. The van der Waals surface area contributed by atoms with Gasteiger partial charge in [0.05, 0.1) is 6.54 Å². The number of likely N-dealkylation sites (tertiary alicyclic amines) is 1. The molecule has 2 atom stereocenters. The van der Waals surface area contributed by atoms with Gasteiger partial charge in [0.15, 0.2) is 0 Å². The molecule has 0 amide bonds. The zero-order valence-electron chi connectivity index (χ0n) is 18.0. The van der Waals surface area contributed by atoms with E-state index in [1.165, 1.54) is 9.87 Å². The van der Waals surface area contributed by atoms with Gasteiger partial charge < -0.3 is 10.1 Å². The van der Waals surface area contributed by atoms with Crippen molar-refractivity contribution in [3.8, 4) is 0 Å². The standard InChI is InChI=1S/C20H29N5O2S.CH2O2/c1-23(2)28(26,27)25-13-18-12-24(14-19-21-10-11-22-19)15-20(18,16-25)9-8-17-6-4-3-5-7-17;2-1-3/h3-7,10-11,18H,8-9,12-16H2,1-2H3,(H,21,22);1H,(H,2,3). The van der Waals surface area contributed by atoms with E-state index in [-0.39, 0.29) is 11.9 Å². The van der Waals surface area contributed by atoms with Gasteiger partial charge in [0.25, 0.3) is 16.7 Å². The summed E-state index contributed by atoms with van der Waals surface area (Å²) in [5, 5.41) is 6.89. The second-order valence-electron chi connectivity index (χ2n) is 8.44. The van der Waals surface area contributed by atoms with Crippen LogP contribution in [0.1, 0.15) is 17.8 Å². The van der Waals surface area contributed by atoms with E-state index in [0.29, 0.717) is 19.0 Å². The van der Waals surface area contributed by atoms with E-state index in [0.717, 1.165) is 38.3 Å². The molecule has 2 unspecified atom stereocenters. The van der Waals surface area contributed by atoms with Gasteiger partial charge in [-0.05, 0) is 24.3 Å². The van der Waals surface area contributed by atoms with Crippen molar-refractivity contribution in [2.75, 3.05) is 40.3 Å². The van der Waals surface area contributed by atoms with Crippen molar-refractivity contribution in [3.63, 3.8) is 0 Å². The molecule has 2 aromatic rings. The highest BCUT2D eigenvalue weighted by Gasteiger charge is 2.54. The van der Waals surface area contributed by atoms with Crippen molar-refractivity contribution >= 4 is 16.7 Å². The third kappa shape index (κ3) is 5.32. The van der Waals surface area contributed by atoms with Crippen molar-refractivity contribution in [3.05, 3.63) is 54.1 Å². The van der Waals surface area contributed by atoms with Gasteiger partial charge >= 0.3 is 0 Å². The fourth-order valence-corrected chi connectivity index (χ4v) is 6.01. The van der Waals surface area contributed by atoms with Crippen LogP contribution in [0.25, 0.3) is 0 Å². The second-order valence-corrected chi connectivity index (χ2v) is 10.6. The number of carbonyl (C=O) groups is 1. The predicted molar refractivity (Wildman–Crippen MR) is 117 cm³/mol. The van der Waals surface area contributed by atoms with Gasteiger partial charge in [0.2, 0.25) is 0 Å². The lowest BCUT2D eigenvalue weighted by atomic mass is 9.76. The van der Waals surface area contributed by atoms with Crippen LogP contribution in [0, 0.1) is 11.3 Å². The fraction of sp³-hybridized carbons (Fsp3) is 0.524. The molecule has 31 heavy (non-hydrogen) atoms. The fourth-order valence-electron chi connectivity index (χ4n) is 4.76. The molecule has 0 saturated carbocycles. The summed E-state index contributed by atoms with van der Waals surface area (Å²) in [7, 11) is -0.149. The number of aryl methyl sites for hydroxylation is 1. The number of hydrogen-bond acceptors (Lipinski definition) is 5. The second kappa shape index (κ2) is 9.90. The molecule has 9 nitrogen and oxygen atoms in total. The Bertz CT molecular complexity index is 936. The molecule has 170 valence electrons. The summed E-state index contributed by atoms with van der Waals surface area (Å²) < 4.78 is 28.5. The normalized spacial score (nSPS) is 24.0. The maximum Gasteiger partial charge on any atom is 0.290 e. The Hall–Kier alpha value is -2.27. The average Bonchev–Trinajstić information content (AvgIpc) is 3.43. The lowest BCUT2D eigenvalue weighted by molar-refractivity contribution is -0.122. The number of imidazole rings is 1. The summed E-state index contributed by atoms with van der Waals surface area (Å²) in [6.45, 7) is 3.56. The number of hydrogen-bond donors (Lipinski definition) is 2.